The van der Waals surface area contributed by atoms with Gasteiger partial charge in [0.2, 0.25) is 0 Å². The molecule has 0 bridgehead atoms. The zero-order valence-electron chi connectivity index (χ0n) is 15.5. The van der Waals surface area contributed by atoms with Crippen molar-refractivity contribution in [3.05, 3.63) is 75.4 Å². The molecule has 1 aliphatic rings. The van der Waals surface area contributed by atoms with Gasteiger partial charge in [-0.3, -0.25) is 14.5 Å². The lowest BCUT2D eigenvalue weighted by Gasteiger charge is -2.13. The van der Waals surface area contributed by atoms with E-state index in [1.54, 1.807) is 36.4 Å². The van der Waals surface area contributed by atoms with E-state index in [1.165, 1.54) is 19.2 Å². The van der Waals surface area contributed by atoms with Crippen molar-refractivity contribution >= 4 is 44.9 Å². The molecular weight excluding hydrogens is 461 g/mol. The largest absolute Gasteiger partial charge is 0.493 e. The minimum absolute atomic E-state index is 0.0869. The average molecular weight is 478 g/mol. The minimum atomic E-state index is -0.397. The summed E-state index contributed by atoms with van der Waals surface area (Å²) >= 11 is 4.30. The number of carbonyl (C=O) groups is 2. The normalized spacial score (nSPS) is 15.1. The zero-order valence-corrected chi connectivity index (χ0v) is 17.9. The quantitative estimate of drug-likeness (QED) is 0.394. The number of carbonyl (C=O) groups excluding carboxylic acids is 2. The molecular formula is C21H17BrFNO4S. The molecule has 1 heterocycles. The number of imide groups is 1. The van der Waals surface area contributed by atoms with Gasteiger partial charge in [0.1, 0.15) is 12.4 Å². The molecule has 2 amide bonds. The lowest BCUT2D eigenvalue weighted by Crippen LogP contribution is -2.27. The first-order chi connectivity index (χ1) is 13.9. The molecule has 0 atom stereocenters. The molecule has 3 rings (SSSR count). The van der Waals surface area contributed by atoms with Crippen LogP contribution in [0.1, 0.15) is 11.1 Å². The molecule has 1 fully saturated rings. The smallest absolute Gasteiger partial charge is 0.293 e. The molecule has 0 unspecified atom stereocenters. The van der Waals surface area contributed by atoms with Gasteiger partial charge in [0.05, 0.1) is 23.0 Å². The van der Waals surface area contributed by atoms with Crippen molar-refractivity contribution in [2.45, 2.75) is 6.54 Å². The molecule has 29 heavy (non-hydrogen) atoms. The highest BCUT2D eigenvalue weighted by molar-refractivity contribution is 9.10. The second-order valence-corrected chi connectivity index (χ2v) is 7.88. The molecule has 5 nitrogen and oxygen atoms in total. The van der Waals surface area contributed by atoms with E-state index in [2.05, 4.69) is 22.5 Å². The van der Waals surface area contributed by atoms with Gasteiger partial charge in [-0.15, -0.1) is 0 Å². The summed E-state index contributed by atoms with van der Waals surface area (Å²) in [4.78, 5) is 26.4. The monoisotopic (exact) mass is 477 g/mol. The van der Waals surface area contributed by atoms with Crippen molar-refractivity contribution in [1.29, 1.82) is 0 Å². The van der Waals surface area contributed by atoms with Gasteiger partial charge < -0.3 is 9.47 Å². The predicted octanol–water partition coefficient (Wildman–Crippen LogP) is 5.40. The summed E-state index contributed by atoms with van der Waals surface area (Å²) in [6.45, 7) is 4.02. The maximum atomic E-state index is 13.1. The first-order valence-electron chi connectivity index (χ1n) is 8.54. The molecule has 0 aromatic heterocycles. The van der Waals surface area contributed by atoms with Gasteiger partial charge in [-0.05, 0) is 69.2 Å². The molecule has 0 aliphatic carbocycles. The van der Waals surface area contributed by atoms with Crippen LogP contribution in [0.15, 0.2) is 58.4 Å². The van der Waals surface area contributed by atoms with Gasteiger partial charge in [-0.1, -0.05) is 24.8 Å². The van der Waals surface area contributed by atoms with Crippen LogP contribution >= 0.6 is 27.7 Å². The van der Waals surface area contributed by atoms with Crippen molar-refractivity contribution in [2.24, 2.45) is 0 Å². The maximum Gasteiger partial charge on any atom is 0.293 e. The fourth-order valence-electron chi connectivity index (χ4n) is 2.67. The van der Waals surface area contributed by atoms with E-state index < -0.39 is 5.91 Å². The van der Waals surface area contributed by atoms with Crippen molar-refractivity contribution in [2.75, 3.05) is 13.7 Å². The van der Waals surface area contributed by atoms with Gasteiger partial charge in [-0.2, -0.15) is 0 Å². The topological polar surface area (TPSA) is 55.8 Å². The van der Waals surface area contributed by atoms with Gasteiger partial charge in [-0.25, -0.2) is 4.39 Å². The van der Waals surface area contributed by atoms with E-state index in [4.69, 9.17) is 9.47 Å². The Morgan fingerprint density at radius 3 is 2.62 bits per heavy atom. The van der Waals surface area contributed by atoms with Crippen LogP contribution < -0.4 is 9.47 Å². The molecule has 1 saturated heterocycles. The Bertz CT molecular complexity index is 991. The molecule has 150 valence electrons. The Kier molecular flexibility index (Phi) is 6.76. The summed E-state index contributed by atoms with van der Waals surface area (Å²) in [5.74, 6) is 0.237. The maximum absolute atomic E-state index is 13.1. The van der Waals surface area contributed by atoms with Crippen LogP contribution in [0.25, 0.3) is 6.08 Å². The van der Waals surface area contributed by atoms with E-state index in [0.29, 0.717) is 38.6 Å². The van der Waals surface area contributed by atoms with E-state index >= 15 is 0 Å². The molecule has 0 radical (unpaired) electrons. The third-order valence-electron chi connectivity index (χ3n) is 4.02. The van der Waals surface area contributed by atoms with E-state index in [-0.39, 0.29) is 17.6 Å². The van der Waals surface area contributed by atoms with Crippen LogP contribution in [-0.4, -0.2) is 29.8 Å². The number of nitrogens with zero attached hydrogens (tertiary/aromatic N) is 1. The number of halogens is 2. The summed E-state index contributed by atoms with van der Waals surface area (Å²) in [7, 11) is 1.52. The van der Waals surface area contributed by atoms with Crippen molar-refractivity contribution in [3.63, 3.8) is 0 Å². The van der Waals surface area contributed by atoms with Crippen LogP contribution in [-0.2, 0) is 11.3 Å². The van der Waals surface area contributed by atoms with E-state index in [0.717, 1.165) is 16.7 Å². The molecule has 0 saturated carbocycles. The van der Waals surface area contributed by atoms with Crippen LogP contribution in [0.4, 0.5) is 9.18 Å². The highest BCUT2D eigenvalue weighted by Gasteiger charge is 2.35. The summed E-state index contributed by atoms with van der Waals surface area (Å²) in [6.07, 6.45) is 3.25. The van der Waals surface area contributed by atoms with E-state index in [9.17, 15) is 14.0 Å². The van der Waals surface area contributed by atoms with Crippen LogP contribution in [0.3, 0.4) is 0 Å². The molecule has 2 aromatic carbocycles. The van der Waals surface area contributed by atoms with Crippen LogP contribution in [0, 0.1) is 5.82 Å². The van der Waals surface area contributed by atoms with Crippen molar-refractivity contribution in [3.8, 4) is 11.5 Å². The SMILES string of the molecule is C=CCOc1c(Br)cc(/C=C2\SC(=O)N(Cc3ccc(F)cc3)C2=O)cc1OC. The molecule has 0 spiro atoms. The Labute approximate surface area is 180 Å². The van der Waals surface area contributed by atoms with Crippen molar-refractivity contribution < 1.29 is 23.5 Å². The van der Waals surface area contributed by atoms with Crippen LogP contribution in [0.5, 0.6) is 11.5 Å². The number of benzene rings is 2. The zero-order chi connectivity index (χ0) is 21.0. The Morgan fingerprint density at radius 2 is 1.97 bits per heavy atom. The second-order valence-electron chi connectivity index (χ2n) is 6.03. The third kappa shape index (κ3) is 4.89. The number of ether oxygens (including phenoxy) is 2. The third-order valence-corrected chi connectivity index (χ3v) is 5.52. The Hall–Kier alpha value is -2.58. The first kappa shape index (κ1) is 21.1. The van der Waals surface area contributed by atoms with Gasteiger partial charge in [0.25, 0.3) is 11.1 Å². The molecule has 8 heteroatoms. The number of methoxy groups -OCH3 is 1. The second kappa shape index (κ2) is 9.28. The fraction of sp³-hybridized carbons (Fsp3) is 0.143. The highest BCUT2D eigenvalue weighted by atomic mass is 79.9. The average Bonchev–Trinajstić information content (AvgIpc) is 2.95. The highest BCUT2D eigenvalue weighted by Crippen LogP contribution is 2.39. The summed E-state index contributed by atoms with van der Waals surface area (Å²) in [5.41, 5.74) is 1.34. The van der Waals surface area contributed by atoms with Gasteiger partial charge in [0.15, 0.2) is 11.5 Å². The predicted molar refractivity (Wildman–Crippen MR) is 114 cm³/mol. The number of hydrogen-bond acceptors (Lipinski definition) is 5. The molecule has 0 N–H and O–H groups in total. The lowest BCUT2D eigenvalue weighted by molar-refractivity contribution is -0.123. The molecule has 1 aliphatic heterocycles. The standard InChI is InChI=1S/C21H17BrFNO4S/c1-3-8-28-19-16(22)9-14(10-17(19)27-2)11-18-20(25)24(21(26)29-18)12-13-4-6-15(23)7-5-13/h3-7,9-11H,1,8,12H2,2H3/b18-11-. The lowest BCUT2D eigenvalue weighted by atomic mass is 10.1. The van der Waals surface area contributed by atoms with Crippen LogP contribution in [0.2, 0.25) is 0 Å². The molecule has 2 aromatic rings. The van der Waals surface area contributed by atoms with Gasteiger partial charge in [0, 0.05) is 0 Å². The summed E-state index contributed by atoms with van der Waals surface area (Å²) in [5, 5.41) is -0.373. The van der Waals surface area contributed by atoms with Gasteiger partial charge >= 0.3 is 0 Å². The number of amides is 2. The summed E-state index contributed by atoms with van der Waals surface area (Å²) in [6, 6.07) is 9.18. The fourth-order valence-corrected chi connectivity index (χ4v) is 4.08. The number of hydrogen-bond donors (Lipinski definition) is 0. The summed E-state index contributed by atoms with van der Waals surface area (Å²) < 4.78 is 24.7. The Balaban J connectivity index is 1.84. The van der Waals surface area contributed by atoms with Crippen molar-refractivity contribution in [1.82, 2.24) is 4.90 Å². The number of rotatable bonds is 7. The number of thioether (sulfide) groups is 1. The van der Waals surface area contributed by atoms with E-state index in [1.807, 2.05) is 0 Å². The Morgan fingerprint density at radius 1 is 1.24 bits per heavy atom. The minimum Gasteiger partial charge on any atom is -0.493 e. The first-order valence-corrected chi connectivity index (χ1v) is 10.1.